The van der Waals surface area contributed by atoms with Gasteiger partial charge in [-0.3, -0.25) is 0 Å². The largest absolute Gasteiger partial charge is 0.497 e. The van der Waals surface area contributed by atoms with E-state index in [1.54, 1.807) is 14.2 Å². The number of hydrogen-bond acceptors (Lipinski definition) is 3. The van der Waals surface area contributed by atoms with E-state index in [2.05, 4.69) is 55.6 Å². The second kappa shape index (κ2) is 6.86. The van der Waals surface area contributed by atoms with E-state index in [0.29, 0.717) is 0 Å². The quantitative estimate of drug-likeness (QED) is 0.878. The second-order valence-electron chi connectivity index (χ2n) is 6.55. The van der Waals surface area contributed by atoms with Crippen molar-refractivity contribution >= 4 is 0 Å². The van der Waals surface area contributed by atoms with Gasteiger partial charge >= 0.3 is 0 Å². The highest BCUT2D eigenvalue weighted by Crippen LogP contribution is 2.43. The number of nitrogens with one attached hydrogen (secondary N) is 1. The first-order valence-electron chi connectivity index (χ1n) is 8.73. The lowest BCUT2D eigenvalue weighted by atomic mass is 9.76. The van der Waals surface area contributed by atoms with E-state index in [9.17, 15) is 0 Å². The molecule has 0 radical (unpaired) electrons. The van der Waals surface area contributed by atoms with Crippen LogP contribution in [0.1, 0.15) is 49.4 Å². The highest BCUT2D eigenvalue weighted by atomic mass is 16.5. The third kappa shape index (κ3) is 2.89. The second-order valence-corrected chi connectivity index (χ2v) is 6.55. The van der Waals surface area contributed by atoms with Crippen LogP contribution in [-0.2, 0) is 6.42 Å². The smallest absolute Gasteiger partial charge is 0.126 e. The van der Waals surface area contributed by atoms with Crippen LogP contribution in [0.25, 0.3) is 0 Å². The van der Waals surface area contributed by atoms with Crippen molar-refractivity contribution in [2.75, 3.05) is 14.2 Å². The maximum absolute atomic E-state index is 5.71. The standard InChI is InChI=1S/C21H27NO2/c1-5-21(6-2)14-18-17(12-16(23-3)13-19(18)24-4)20(22-21)15-10-8-7-9-11-15/h7-13,20,22H,5-6,14H2,1-4H3. The van der Waals surface area contributed by atoms with Crippen molar-refractivity contribution in [1.29, 1.82) is 0 Å². The fraction of sp³-hybridized carbons (Fsp3) is 0.429. The lowest BCUT2D eigenvalue weighted by Crippen LogP contribution is -2.51. The van der Waals surface area contributed by atoms with Crippen LogP contribution >= 0.6 is 0 Å². The molecule has 0 bridgehead atoms. The number of rotatable bonds is 5. The van der Waals surface area contributed by atoms with E-state index in [0.717, 1.165) is 30.8 Å². The number of fused-ring (bicyclic) bond motifs is 1. The van der Waals surface area contributed by atoms with E-state index in [1.165, 1.54) is 16.7 Å². The lowest BCUT2D eigenvalue weighted by molar-refractivity contribution is 0.253. The summed E-state index contributed by atoms with van der Waals surface area (Å²) >= 11 is 0. The average Bonchev–Trinajstić information content (AvgIpc) is 2.66. The molecule has 0 aromatic heterocycles. The molecule has 3 heteroatoms. The van der Waals surface area contributed by atoms with Crippen molar-refractivity contribution in [2.24, 2.45) is 0 Å². The summed E-state index contributed by atoms with van der Waals surface area (Å²) < 4.78 is 11.2. The van der Waals surface area contributed by atoms with Gasteiger partial charge in [-0.15, -0.1) is 0 Å². The summed E-state index contributed by atoms with van der Waals surface area (Å²) in [6, 6.07) is 14.9. The molecule has 24 heavy (non-hydrogen) atoms. The third-order valence-corrected chi connectivity index (χ3v) is 5.44. The van der Waals surface area contributed by atoms with Crippen molar-refractivity contribution in [1.82, 2.24) is 5.32 Å². The maximum Gasteiger partial charge on any atom is 0.126 e. The molecule has 0 amide bonds. The minimum Gasteiger partial charge on any atom is -0.497 e. The highest BCUT2D eigenvalue weighted by molar-refractivity contribution is 5.53. The van der Waals surface area contributed by atoms with Crippen LogP contribution in [-0.4, -0.2) is 19.8 Å². The Morgan fingerprint density at radius 2 is 1.75 bits per heavy atom. The molecule has 0 spiro atoms. The molecule has 3 nitrogen and oxygen atoms in total. The summed E-state index contributed by atoms with van der Waals surface area (Å²) in [5, 5.41) is 3.93. The van der Waals surface area contributed by atoms with Crippen LogP contribution in [0.15, 0.2) is 42.5 Å². The van der Waals surface area contributed by atoms with Gasteiger partial charge in [0.2, 0.25) is 0 Å². The molecule has 2 aromatic carbocycles. The van der Waals surface area contributed by atoms with Crippen LogP contribution in [0, 0.1) is 0 Å². The van der Waals surface area contributed by atoms with Gasteiger partial charge in [0.05, 0.1) is 20.3 Å². The van der Waals surface area contributed by atoms with Crippen molar-refractivity contribution in [3.63, 3.8) is 0 Å². The molecule has 1 aliphatic rings. The zero-order valence-electron chi connectivity index (χ0n) is 15.1. The van der Waals surface area contributed by atoms with Gasteiger partial charge in [0.1, 0.15) is 11.5 Å². The summed E-state index contributed by atoms with van der Waals surface area (Å²) in [6.45, 7) is 4.53. The monoisotopic (exact) mass is 325 g/mol. The van der Waals surface area contributed by atoms with E-state index >= 15 is 0 Å². The molecular weight excluding hydrogens is 298 g/mol. The predicted molar refractivity (Wildman–Crippen MR) is 98.0 cm³/mol. The van der Waals surface area contributed by atoms with Gasteiger partial charge in [-0.2, -0.15) is 0 Å². The highest BCUT2D eigenvalue weighted by Gasteiger charge is 2.38. The van der Waals surface area contributed by atoms with Crippen molar-refractivity contribution < 1.29 is 9.47 Å². The number of hydrogen-bond donors (Lipinski definition) is 1. The normalized spacial score (nSPS) is 18.8. The Morgan fingerprint density at radius 1 is 1.04 bits per heavy atom. The van der Waals surface area contributed by atoms with E-state index in [4.69, 9.17) is 9.47 Å². The van der Waals surface area contributed by atoms with Gasteiger partial charge in [0.25, 0.3) is 0 Å². The van der Waals surface area contributed by atoms with E-state index in [1.807, 2.05) is 6.07 Å². The van der Waals surface area contributed by atoms with Crippen LogP contribution in [0.5, 0.6) is 11.5 Å². The molecule has 1 aliphatic heterocycles. The van der Waals surface area contributed by atoms with Gasteiger partial charge in [-0.05, 0) is 36.5 Å². The maximum atomic E-state index is 5.71. The molecular formula is C21H27NO2. The first-order chi connectivity index (χ1) is 11.7. The van der Waals surface area contributed by atoms with Gasteiger partial charge in [-0.25, -0.2) is 0 Å². The summed E-state index contributed by atoms with van der Waals surface area (Å²) in [5.74, 6) is 1.77. The summed E-state index contributed by atoms with van der Waals surface area (Å²) in [5.41, 5.74) is 3.93. The van der Waals surface area contributed by atoms with Gasteiger partial charge < -0.3 is 14.8 Å². The van der Waals surface area contributed by atoms with Crippen LogP contribution < -0.4 is 14.8 Å². The van der Waals surface area contributed by atoms with Crippen LogP contribution in [0.2, 0.25) is 0 Å². The first-order valence-corrected chi connectivity index (χ1v) is 8.73. The number of benzene rings is 2. The third-order valence-electron chi connectivity index (χ3n) is 5.44. The summed E-state index contributed by atoms with van der Waals surface area (Å²) in [4.78, 5) is 0. The van der Waals surface area contributed by atoms with E-state index in [-0.39, 0.29) is 11.6 Å². The van der Waals surface area contributed by atoms with Gasteiger partial charge in [0.15, 0.2) is 0 Å². The molecule has 0 saturated heterocycles. The van der Waals surface area contributed by atoms with Crippen LogP contribution in [0.3, 0.4) is 0 Å². The molecule has 1 unspecified atom stereocenters. The molecule has 3 rings (SSSR count). The zero-order valence-corrected chi connectivity index (χ0v) is 15.1. The van der Waals surface area contributed by atoms with Gasteiger partial charge in [-0.1, -0.05) is 44.2 Å². The fourth-order valence-electron chi connectivity index (χ4n) is 3.77. The van der Waals surface area contributed by atoms with Crippen molar-refractivity contribution in [3.05, 3.63) is 59.2 Å². The zero-order chi connectivity index (χ0) is 17.2. The molecule has 1 N–H and O–H groups in total. The Labute approximate surface area is 145 Å². The molecule has 0 fully saturated rings. The average molecular weight is 325 g/mol. The minimum atomic E-state index is 0.0926. The van der Waals surface area contributed by atoms with Crippen molar-refractivity contribution in [2.45, 2.75) is 44.7 Å². The number of ether oxygens (including phenoxy) is 2. The SMILES string of the molecule is CCC1(CC)Cc2c(OC)cc(OC)cc2C(c2ccccc2)N1. The topological polar surface area (TPSA) is 30.5 Å². The Bertz CT molecular complexity index is 692. The van der Waals surface area contributed by atoms with E-state index < -0.39 is 0 Å². The summed E-state index contributed by atoms with van der Waals surface area (Å²) in [6.07, 6.45) is 3.15. The molecule has 128 valence electrons. The Kier molecular flexibility index (Phi) is 4.81. The fourth-order valence-corrected chi connectivity index (χ4v) is 3.77. The Morgan fingerprint density at radius 3 is 2.33 bits per heavy atom. The molecule has 0 saturated carbocycles. The molecule has 2 aromatic rings. The first kappa shape index (κ1) is 16.8. The number of methoxy groups -OCH3 is 2. The predicted octanol–water partition coefficient (Wildman–Crippen LogP) is 4.50. The van der Waals surface area contributed by atoms with Crippen molar-refractivity contribution in [3.8, 4) is 11.5 Å². The van der Waals surface area contributed by atoms with Crippen LogP contribution in [0.4, 0.5) is 0 Å². The van der Waals surface area contributed by atoms with Gasteiger partial charge in [0, 0.05) is 17.2 Å². The molecule has 0 aliphatic carbocycles. The Hall–Kier alpha value is -2.00. The lowest BCUT2D eigenvalue weighted by Gasteiger charge is -2.43. The molecule has 1 atom stereocenters. The molecule has 1 heterocycles. The minimum absolute atomic E-state index is 0.0926. The summed E-state index contributed by atoms with van der Waals surface area (Å²) in [7, 11) is 3.45. The Balaban J connectivity index is 2.20.